The number of hydrogen-bond acceptors (Lipinski definition) is 3. The Morgan fingerprint density at radius 3 is 1.67 bits per heavy atom. The molecule has 0 radical (unpaired) electrons. The lowest BCUT2D eigenvalue weighted by Gasteiger charge is -2.28. The number of amides is 1. The molecular formula is C16H33NO4. The highest BCUT2D eigenvalue weighted by atomic mass is 16.6. The molecule has 0 spiro atoms. The summed E-state index contributed by atoms with van der Waals surface area (Å²) in [5.41, 5.74) is -0.608. The number of carbonyl (C=O) groups excluding carboxylic acids is 1. The molecule has 0 fully saturated rings. The Bertz CT molecular complexity index is 280. The molecule has 0 aliphatic heterocycles. The van der Waals surface area contributed by atoms with Crippen molar-refractivity contribution in [2.45, 2.75) is 74.0 Å². The first-order chi connectivity index (χ1) is 9.69. The molecule has 5 nitrogen and oxygen atoms in total. The van der Waals surface area contributed by atoms with Gasteiger partial charge in [-0.05, 0) is 34.6 Å². The zero-order valence-corrected chi connectivity index (χ0v) is 15.1. The second kappa shape index (κ2) is 16.4. The number of ether oxygens (including phenoxy) is 1. The van der Waals surface area contributed by atoms with Gasteiger partial charge >= 0.3 is 12.1 Å². The van der Waals surface area contributed by atoms with E-state index in [1.54, 1.807) is 27.7 Å². The lowest BCUT2D eigenvalue weighted by molar-refractivity contribution is -0.142. The molecule has 0 heterocycles. The van der Waals surface area contributed by atoms with Crippen LogP contribution in [0.4, 0.5) is 4.79 Å². The van der Waals surface area contributed by atoms with Crippen molar-refractivity contribution in [1.29, 1.82) is 0 Å². The van der Waals surface area contributed by atoms with Crippen molar-refractivity contribution in [3.05, 3.63) is 0 Å². The number of terminal acetylenes is 1. The summed E-state index contributed by atoms with van der Waals surface area (Å²) >= 11 is 0. The minimum absolute atomic E-state index is 0.308. The Kier molecular flexibility index (Phi) is 21.5. The Balaban J connectivity index is -0.000000212. The van der Waals surface area contributed by atoms with Crippen molar-refractivity contribution in [2.75, 3.05) is 6.54 Å². The molecule has 1 N–H and O–H groups in total. The molecule has 0 saturated heterocycles. The van der Waals surface area contributed by atoms with E-state index in [9.17, 15) is 9.59 Å². The van der Waals surface area contributed by atoms with E-state index in [0.29, 0.717) is 6.54 Å². The molecule has 0 aliphatic rings. The molecule has 0 bridgehead atoms. The summed E-state index contributed by atoms with van der Waals surface area (Å²) in [5.74, 6) is -1.04. The van der Waals surface area contributed by atoms with Gasteiger partial charge in [0, 0.05) is 6.54 Å². The monoisotopic (exact) mass is 303 g/mol. The van der Waals surface area contributed by atoms with Gasteiger partial charge in [-0.2, -0.15) is 0 Å². The molecule has 1 atom stereocenters. The highest BCUT2D eigenvalue weighted by Crippen LogP contribution is 2.11. The van der Waals surface area contributed by atoms with Crippen LogP contribution in [-0.2, 0) is 9.53 Å². The van der Waals surface area contributed by atoms with E-state index in [2.05, 4.69) is 12.8 Å². The maximum absolute atomic E-state index is 11.6. The average molecular weight is 303 g/mol. The minimum atomic E-state index is -1.04. The Hall–Kier alpha value is -1.70. The normalized spacial score (nSPS) is 10.0. The molecule has 126 valence electrons. The maximum atomic E-state index is 11.6. The summed E-state index contributed by atoms with van der Waals surface area (Å²) in [6, 6.07) is -0.871. The third-order valence-corrected chi connectivity index (χ3v) is 1.79. The van der Waals surface area contributed by atoms with Crippen molar-refractivity contribution in [3.8, 4) is 12.8 Å². The van der Waals surface area contributed by atoms with Gasteiger partial charge in [0.05, 0.1) is 0 Å². The second-order valence-electron chi connectivity index (χ2n) is 4.28. The van der Waals surface area contributed by atoms with Gasteiger partial charge in [-0.3, -0.25) is 4.90 Å². The molecule has 1 amide bonds. The number of carboxylic acids is 1. The topological polar surface area (TPSA) is 66.8 Å². The third kappa shape index (κ3) is 16.2. The van der Waals surface area contributed by atoms with Crippen molar-refractivity contribution >= 4 is 12.1 Å². The Morgan fingerprint density at radius 2 is 1.48 bits per heavy atom. The first-order valence-corrected chi connectivity index (χ1v) is 7.24. The smallest absolute Gasteiger partial charge is 0.411 e. The van der Waals surface area contributed by atoms with E-state index >= 15 is 0 Å². The third-order valence-electron chi connectivity index (χ3n) is 1.79. The van der Waals surface area contributed by atoms with Gasteiger partial charge in [0.2, 0.25) is 0 Å². The van der Waals surface area contributed by atoms with Crippen molar-refractivity contribution < 1.29 is 19.4 Å². The van der Waals surface area contributed by atoms with E-state index in [1.165, 1.54) is 11.8 Å². The molecule has 0 rings (SSSR count). The first-order valence-electron chi connectivity index (χ1n) is 7.24. The Morgan fingerprint density at radius 1 is 1.14 bits per heavy atom. The van der Waals surface area contributed by atoms with Gasteiger partial charge in [0.25, 0.3) is 0 Å². The van der Waals surface area contributed by atoms with Gasteiger partial charge in [0.1, 0.15) is 11.6 Å². The van der Waals surface area contributed by atoms with Crippen LogP contribution < -0.4 is 0 Å². The predicted octanol–water partition coefficient (Wildman–Crippen LogP) is 4.02. The van der Waals surface area contributed by atoms with Crippen LogP contribution in [0.5, 0.6) is 0 Å². The molecule has 0 aromatic rings. The average Bonchev–Trinajstić information content (AvgIpc) is 2.44. The first kappa shape index (κ1) is 27.6. The van der Waals surface area contributed by atoms with Crippen LogP contribution in [0.15, 0.2) is 0 Å². The second-order valence-corrected chi connectivity index (χ2v) is 4.28. The lowest BCUT2D eigenvalue weighted by atomic mass is 10.2. The summed E-state index contributed by atoms with van der Waals surface area (Å²) in [6.07, 6.45) is 7.40. The van der Waals surface area contributed by atoms with Crippen molar-refractivity contribution in [1.82, 2.24) is 4.90 Å². The zero-order chi connectivity index (χ0) is 18.2. The molecule has 0 unspecified atom stereocenters. The summed E-state index contributed by atoms with van der Waals surface area (Å²) in [4.78, 5) is 23.5. The van der Waals surface area contributed by atoms with E-state index in [4.69, 9.17) is 9.84 Å². The summed E-state index contributed by atoms with van der Waals surface area (Å²) < 4.78 is 5.09. The number of likely N-dealkylation sites (N-methyl/N-ethyl adjacent to an activating group) is 1. The van der Waals surface area contributed by atoms with Gasteiger partial charge in [-0.1, -0.05) is 27.7 Å². The molecule has 21 heavy (non-hydrogen) atoms. The fourth-order valence-electron chi connectivity index (χ4n) is 1.01. The number of nitrogens with zero attached hydrogens (tertiary/aromatic N) is 1. The van der Waals surface area contributed by atoms with E-state index < -0.39 is 23.7 Å². The van der Waals surface area contributed by atoms with Gasteiger partial charge < -0.3 is 9.84 Å². The van der Waals surface area contributed by atoms with Crippen LogP contribution in [-0.4, -0.2) is 40.3 Å². The number of carbonyl (C=O) groups is 2. The van der Waals surface area contributed by atoms with Crippen LogP contribution in [0.2, 0.25) is 0 Å². The van der Waals surface area contributed by atoms with Gasteiger partial charge in [0.15, 0.2) is 0 Å². The number of hydrogen-bond donors (Lipinski definition) is 1. The number of aliphatic carboxylic acids is 1. The molecule has 0 aromatic carbocycles. The Labute approximate surface area is 130 Å². The maximum Gasteiger partial charge on any atom is 0.411 e. The number of rotatable bonds is 3. The largest absolute Gasteiger partial charge is 0.480 e. The molecule has 0 saturated carbocycles. The fourth-order valence-corrected chi connectivity index (χ4v) is 1.01. The van der Waals surface area contributed by atoms with Crippen LogP contribution in [0, 0.1) is 12.8 Å². The minimum Gasteiger partial charge on any atom is -0.480 e. The van der Waals surface area contributed by atoms with Crippen LogP contribution >= 0.6 is 0 Å². The van der Waals surface area contributed by atoms with Crippen LogP contribution in [0.3, 0.4) is 0 Å². The lowest BCUT2D eigenvalue weighted by Crippen LogP contribution is -2.45. The predicted molar refractivity (Wildman–Crippen MR) is 88.3 cm³/mol. The summed E-state index contributed by atoms with van der Waals surface area (Å²) in [5, 5.41) is 8.78. The molecular weight excluding hydrogens is 270 g/mol. The highest BCUT2D eigenvalue weighted by molar-refractivity contribution is 5.79. The SMILES string of the molecule is C#C.CC.CC.CCN(C(=O)OC(C)(C)C)[C@@H](C)C(=O)O. The molecule has 0 aromatic heterocycles. The quantitative estimate of drug-likeness (QED) is 0.800. The van der Waals surface area contributed by atoms with Crippen molar-refractivity contribution in [3.63, 3.8) is 0 Å². The van der Waals surface area contributed by atoms with Crippen LogP contribution in [0.25, 0.3) is 0 Å². The van der Waals surface area contributed by atoms with Crippen molar-refractivity contribution in [2.24, 2.45) is 0 Å². The highest BCUT2D eigenvalue weighted by Gasteiger charge is 2.28. The van der Waals surface area contributed by atoms with Gasteiger partial charge in [-0.15, -0.1) is 12.8 Å². The van der Waals surface area contributed by atoms with E-state index in [0.717, 1.165) is 0 Å². The van der Waals surface area contributed by atoms with E-state index in [-0.39, 0.29) is 0 Å². The van der Waals surface area contributed by atoms with Crippen LogP contribution in [0.1, 0.15) is 62.3 Å². The zero-order valence-electron chi connectivity index (χ0n) is 15.1. The van der Waals surface area contributed by atoms with E-state index in [1.807, 2.05) is 27.7 Å². The molecule has 5 heteroatoms. The standard InChI is InChI=1S/C10H19NO4.2C2H6.C2H2/c1-6-11(7(2)8(12)13)9(14)15-10(3,4)5;3*1-2/h7H,6H2,1-5H3,(H,12,13);2*1-2H3;1-2H/t7-;;;/m0.../s1. The fraction of sp³-hybridized carbons (Fsp3) is 0.750. The molecule has 0 aliphatic carbocycles. The summed E-state index contributed by atoms with van der Waals surface area (Å²) in [6.45, 7) is 16.7. The van der Waals surface area contributed by atoms with Gasteiger partial charge in [-0.25, -0.2) is 9.59 Å². The number of carboxylic acid groups (broad SMARTS) is 1. The summed E-state index contributed by atoms with van der Waals surface area (Å²) in [7, 11) is 0.